The number of amides is 1. The number of carboxylic acids is 1. The zero-order valence-corrected chi connectivity index (χ0v) is 19.2. The molecule has 4 rings (SSSR count). The molecule has 0 unspecified atom stereocenters. The Morgan fingerprint density at radius 2 is 1.56 bits per heavy atom. The minimum absolute atomic E-state index is 0.236. The summed E-state index contributed by atoms with van der Waals surface area (Å²) in [5.41, 5.74) is 3.99. The highest BCUT2D eigenvalue weighted by Crippen LogP contribution is 2.25. The molecule has 0 spiro atoms. The quantitative estimate of drug-likeness (QED) is 0.321. The zero-order valence-electron chi connectivity index (χ0n) is 19.2. The van der Waals surface area contributed by atoms with Gasteiger partial charge in [0.25, 0.3) is 5.91 Å². The third-order valence-electron chi connectivity index (χ3n) is 5.40. The Morgan fingerprint density at radius 3 is 2.19 bits per heavy atom. The van der Waals surface area contributed by atoms with Crippen LogP contribution in [0.3, 0.4) is 0 Å². The van der Waals surface area contributed by atoms with E-state index in [-0.39, 0.29) is 12.3 Å². The number of carbonyl (C=O) groups excluding carboxylic acids is 1. The Bertz CT molecular complexity index is 1440. The van der Waals surface area contributed by atoms with E-state index in [0.717, 1.165) is 16.7 Å². The van der Waals surface area contributed by atoms with Gasteiger partial charge in [-0.1, -0.05) is 72.8 Å². The van der Waals surface area contributed by atoms with Crippen molar-refractivity contribution in [3.05, 3.63) is 131 Å². The van der Waals surface area contributed by atoms with Crippen LogP contribution in [0, 0.1) is 11.3 Å². The first-order chi connectivity index (χ1) is 17.5. The first kappa shape index (κ1) is 24.0. The Kier molecular flexibility index (Phi) is 7.54. The van der Waals surface area contributed by atoms with Gasteiger partial charge < -0.3 is 15.2 Å². The van der Waals surface area contributed by atoms with Crippen LogP contribution >= 0.6 is 0 Å². The van der Waals surface area contributed by atoms with Gasteiger partial charge in [-0.25, -0.2) is 4.79 Å². The minimum atomic E-state index is -1.24. The molecule has 0 aliphatic carbocycles. The summed E-state index contributed by atoms with van der Waals surface area (Å²) in [4.78, 5) is 23.9. The summed E-state index contributed by atoms with van der Waals surface area (Å²) >= 11 is 0. The van der Waals surface area contributed by atoms with Crippen LogP contribution in [-0.4, -0.2) is 17.0 Å². The van der Waals surface area contributed by atoms with Gasteiger partial charge in [0.2, 0.25) is 0 Å². The topological polar surface area (TPSA) is 99.4 Å². The van der Waals surface area contributed by atoms with Gasteiger partial charge in [0.15, 0.2) is 0 Å². The number of ether oxygens (including phenoxy) is 1. The van der Waals surface area contributed by atoms with Gasteiger partial charge in [0.05, 0.1) is 11.6 Å². The summed E-state index contributed by atoms with van der Waals surface area (Å²) in [6.07, 6.45) is 1.38. The highest BCUT2D eigenvalue weighted by Gasteiger charge is 2.13. The lowest BCUT2D eigenvalue weighted by Gasteiger charge is -2.10. The van der Waals surface area contributed by atoms with Crippen LogP contribution in [0.25, 0.3) is 17.2 Å². The third kappa shape index (κ3) is 6.04. The normalized spacial score (nSPS) is 10.8. The molecule has 2 N–H and O–H groups in total. The molecule has 0 aliphatic heterocycles. The molecular formula is C30H22N2O4. The summed E-state index contributed by atoms with van der Waals surface area (Å²) < 4.78 is 5.85. The van der Waals surface area contributed by atoms with Crippen molar-refractivity contribution in [2.45, 2.75) is 6.61 Å². The van der Waals surface area contributed by atoms with Crippen LogP contribution in [0.4, 0.5) is 0 Å². The summed E-state index contributed by atoms with van der Waals surface area (Å²) in [6, 6.07) is 32.9. The van der Waals surface area contributed by atoms with Crippen molar-refractivity contribution >= 4 is 18.0 Å². The van der Waals surface area contributed by atoms with E-state index in [4.69, 9.17) is 4.74 Å². The van der Waals surface area contributed by atoms with Crippen molar-refractivity contribution in [2.24, 2.45) is 0 Å². The highest BCUT2D eigenvalue weighted by molar-refractivity contribution is 6.02. The summed E-state index contributed by atoms with van der Waals surface area (Å²) in [6.45, 7) is 0.270. The largest absolute Gasteiger partial charge is 0.489 e. The van der Waals surface area contributed by atoms with Crippen LogP contribution in [0.15, 0.2) is 109 Å². The lowest BCUT2D eigenvalue weighted by molar-refractivity contribution is -0.132. The van der Waals surface area contributed by atoms with Gasteiger partial charge in [-0.15, -0.1) is 0 Å². The van der Waals surface area contributed by atoms with Crippen molar-refractivity contribution in [1.29, 1.82) is 5.26 Å². The molecule has 176 valence electrons. The highest BCUT2D eigenvalue weighted by atomic mass is 16.5. The molecule has 4 aromatic rings. The first-order valence-electron chi connectivity index (χ1n) is 11.2. The Morgan fingerprint density at radius 1 is 0.889 bits per heavy atom. The van der Waals surface area contributed by atoms with Gasteiger partial charge in [0, 0.05) is 5.56 Å². The summed E-state index contributed by atoms with van der Waals surface area (Å²) in [5.74, 6) is -1.16. The van der Waals surface area contributed by atoms with Gasteiger partial charge in [-0.3, -0.25) is 4.79 Å². The van der Waals surface area contributed by atoms with Crippen LogP contribution in [-0.2, 0) is 11.4 Å². The number of rotatable bonds is 8. The Hall–Kier alpha value is -5.15. The Labute approximate surface area is 208 Å². The molecule has 36 heavy (non-hydrogen) atoms. The minimum Gasteiger partial charge on any atom is -0.489 e. The number of nitriles is 1. The molecule has 4 aromatic carbocycles. The van der Waals surface area contributed by atoms with Gasteiger partial charge in [0.1, 0.15) is 18.1 Å². The third-order valence-corrected chi connectivity index (χ3v) is 5.40. The second kappa shape index (κ2) is 11.3. The molecule has 0 radical (unpaired) electrons. The van der Waals surface area contributed by atoms with E-state index in [0.29, 0.717) is 22.4 Å². The molecule has 0 fully saturated rings. The van der Waals surface area contributed by atoms with Crippen molar-refractivity contribution in [3.8, 4) is 22.9 Å². The van der Waals surface area contributed by atoms with E-state index in [2.05, 4.69) is 11.4 Å². The van der Waals surface area contributed by atoms with E-state index in [1.54, 1.807) is 54.6 Å². The monoisotopic (exact) mass is 474 g/mol. The number of hydrogen-bond acceptors (Lipinski definition) is 4. The van der Waals surface area contributed by atoms with Crippen LogP contribution in [0.2, 0.25) is 0 Å². The van der Waals surface area contributed by atoms with E-state index < -0.39 is 11.9 Å². The average Bonchev–Trinajstić information content (AvgIpc) is 2.93. The number of hydrogen-bond donors (Lipinski definition) is 2. The molecule has 0 atom stereocenters. The standard InChI is InChI=1S/C30H22N2O4/c31-19-25-17-22(13-16-27(25)23-7-3-1-4-8-23)20-36-26-14-11-21(12-15-26)18-28(30(34)35)32-29(33)24-9-5-2-6-10-24/h1-18H,20H2,(H,32,33)(H,34,35)/b28-18-. The first-order valence-corrected chi connectivity index (χ1v) is 11.2. The smallest absolute Gasteiger partial charge is 0.352 e. The fraction of sp³-hybridized carbons (Fsp3) is 0.0333. The van der Waals surface area contributed by atoms with E-state index in [9.17, 15) is 20.0 Å². The maximum absolute atomic E-state index is 12.3. The molecule has 6 nitrogen and oxygen atoms in total. The fourth-order valence-electron chi connectivity index (χ4n) is 3.57. The van der Waals surface area contributed by atoms with E-state index in [1.807, 2.05) is 48.5 Å². The van der Waals surface area contributed by atoms with Gasteiger partial charge >= 0.3 is 5.97 Å². The number of nitrogens with zero attached hydrogens (tertiary/aromatic N) is 1. The molecule has 0 saturated heterocycles. The summed E-state index contributed by atoms with van der Waals surface area (Å²) in [5, 5.41) is 21.5. The van der Waals surface area contributed by atoms with Crippen molar-refractivity contribution in [2.75, 3.05) is 0 Å². The number of benzene rings is 4. The summed E-state index contributed by atoms with van der Waals surface area (Å²) in [7, 11) is 0. The van der Waals surface area contributed by atoms with Crippen LogP contribution in [0.1, 0.15) is 27.0 Å². The van der Waals surface area contributed by atoms with Crippen molar-refractivity contribution < 1.29 is 19.4 Å². The molecule has 0 aliphatic rings. The lowest BCUT2D eigenvalue weighted by atomic mass is 9.98. The molecule has 0 aromatic heterocycles. The maximum atomic E-state index is 12.3. The number of aliphatic carboxylic acids is 1. The molecule has 1 amide bonds. The number of nitrogens with one attached hydrogen (secondary N) is 1. The van der Waals surface area contributed by atoms with Crippen molar-refractivity contribution in [1.82, 2.24) is 5.32 Å². The average molecular weight is 475 g/mol. The van der Waals surface area contributed by atoms with Gasteiger partial charge in [-0.05, 0) is 58.7 Å². The predicted octanol–water partition coefficient (Wildman–Crippen LogP) is 5.66. The molecule has 6 heteroatoms. The fourth-order valence-corrected chi connectivity index (χ4v) is 3.57. The zero-order chi connectivity index (χ0) is 25.3. The maximum Gasteiger partial charge on any atom is 0.352 e. The van der Waals surface area contributed by atoms with Crippen LogP contribution in [0.5, 0.6) is 5.75 Å². The molecule has 0 bridgehead atoms. The Balaban J connectivity index is 1.42. The molecule has 0 heterocycles. The molecule has 0 saturated carbocycles. The second-order valence-corrected chi connectivity index (χ2v) is 7.90. The number of carbonyl (C=O) groups is 2. The number of carboxylic acid groups (broad SMARTS) is 1. The lowest BCUT2D eigenvalue weighted by Crippen LogP contribution is -2.27. The van der Waals surface area contributed by atoms with Gasteiger partial charge in [-0.2, -0.15) is 5.26 Å². The second-order valence-electron chi connectivity index (χ2n) is 7.90. The van der Waals surface area contributed by atoms with Crippen molar-refractivity contribution in [3.63, 3.8) is 0 Å². The van der Waals surface area contributed by atoms with E-state index >= 15 is 0 Å². The van der Waals surface area contributed by atoms with Crippen LogP contribution < -0.4 is 10.1 Å². The van der Waals surface area contributed by atoms with E-state index in [1.165, 1.54) is 6.08 Å². The molecular weight excluding hydrogens is 452 g/mol. The predicted molar refractivity (Wildman–Crippen MR) is 137 cm³/mol. The SMILES string of the molecule is N#Cc1cc(COc2ccc(/C=C(\NC(=O)c3ccccc3)C(=O)O)cc2)ccc1-c1ccccc1.